The smallest absolute Gasteiger partial charge is 0.236 e. The number of pyridine rings is 1. The lowest BCUT2D eigenvalue weighted by molar-refractivity contribution is 0.0659. The summed E-state index contributed by atoms with van der Waals surface area (Å²) in [5.41, 5.74) is 4.44. The Kier molecular flexibility index (Phi) is 6.55. The van der Waals surface area contributed by atoms with Crippen LogP contribution in [-0.4, -0.2) is 62.4 Å². The fourth-order valence-corrected chi connectivity index (χ4v) is 6.66. The van der Waals surface area contributed by atoms with Gasteiger partial charge in [0.05, 0.1) is 30.7 Å². The molecular formula is C33H35FN3O2+. The molecule has 3 aromatic carbocycles. The molecule has 0 unspecified atom stereocenters. The van der Waals surface area contributed by atoms with Crippen molar-refractivity contribution in [3.05, 3.63) is 89.9 Å². The molecule has 1 aromatic heterocycles. The molecule has 4 aromatic rings. The SMILES string of the molecule is Fc1ccc(-c2c(C3CCOCC3)nc([N+]34CCN(CC3)CC4)c3cc(OCc4ccccc4)ccc23)cc1. The maximum Gasteiger partial charge on any atom is 0.236 e. The zero-order valence-corrected chi connectivity index (χ0v) is 22.3. The summed E-state index contributed by atoms with van der Waals surface area (Å²) in [6.45, 7) is 8.61. The number of fused-ring (bicyclic) bond motifs is 4. The summed E-state index contributed by atoms with van der Waals surface area (Å²) in [6.07, 6.45) is 1.91. The molecule has 6 heteroatoms. The maximum atomic E-state index is 14.0. The summed E-state index contributed by atoms with van der Waals surface area (Å²) in [6, 6.07) is 23.7. The van der Waals surface area contributed by atoms with Gasteiger partial charge in [-0.1, -0.05) is 42.5 Å². The van der Waals surface area contributed by atoms with Crippen LogP contribution in [0.3, 0.4) is 0 Å². The quantitative estimate of drug-likeness (QED) is 0.284. The normalized spacial score (nSPS) is 23.3. The van der Waals surface area contributed by atoms with E-state index in [4.69, 9.17) is 14.5 Å². The summed E-state index contributed by atoms with van der Waals surface area (Å²) in [7, 11) is 0. The first-order valence-electron chi connectivity index (χ1n) is 14.3. The zero-order valence-electron chi connectivity index (χ0n) is 22.3. The van der Waals surface area contributed by atoms with Gasteiger partial charge in [0.2, 0.25) is 5.82 Å². The van der Waals surface area contributed by atoms with Crippen molar-refractivity contribution in [3.8, 4) is 16.9 Å². The molecule has 5 nitrogen and oxygen atoms in total. The number of hydrogen-bond acceptors (Lipinski definition) is 4. The Morgan fingerprint density at radius 3 is 2.31 bits per heavy atom. The van der Waals surface area contributed by atoms with E-state index in [0.717, 1.165) is 103 Å². The van der Waals surface area contributed by atoms with Crippen molar-refractivity contribution in [2.24, 2.45) is 0 Å². The second-order valence-electron chi connectivity index (χ2n) is 11.2. The highest BCUT2D eigenvalue weighted by atomic mass is 19.1. The van der Waals surface area contributed by atoms with Crippen LogP contribution in [-0.2, 0) is 11.3 Å². The Labute approximate surface area is 229 Å². The van der Waals surface area contributed by atoms with Crippen LogP contribution in [0, 0.1) is 5.82 Å². The fraction of sp³-hybridized carbons (Fsp3) is 0.364. The third kappa shape index (κ3) is 4.71. The van der Waals surface area contributed by atoms with Crippen molar-refractivity contribution in [1.82, 2.24) is 14.4 Å². The number of benzene rings is 3. The minimum atomic E-state index is -0.221. The molecule has 0 atom stereocenters. The van der Waals surface area contributed by atoms with Gasteiger partial charge in [0.15, 0.2) is 0 Å². The second kappa shape index (κ2) is 10.3. The Morgan fingerprint density at radius 2 is 1.59 bits per heavy atom. The fourth-order valence-electron chi connectivity index (χ4n) is 6.66. The Morgan fingerprint density at radius 1 is 0.872 bits per heavy atom. The number of rotatable bonds is 6. The van der Waals surface area contributed by atoms with Gasteiger partial charge in [-0.15, -0.1) is 0 Å². The van der Waals surface area contributed by atoms with Gasteiger partial charge in [-0.3, -0.25) is 9.38 Å². The monoisotopic (exact) mass is 524 g/mol. The molecule has 0 N–H and O–H groups in total. The average Bonchev–Trinajstić information content (AvgIpc) is 3.01. The first-order chi connectivity index (χ1) is 19.2. The van der Waals surface area contributed by atoms with E-state index in [1.165, 1.54) is 11.2 Å². The van der Waals surface area contributed by atoms with Crippen LogP contribution in [0.15, 0.2) is 72.8 Å². The zero-order chi connectivity index (χ0) is 26.2. The van der Waals surface area contributed by atoms with Crippen molar-refractivity contribution in [1.29, 1.82) is 0 Å². The Balaban J connectivity index is 1.42. The standard InChI is InChI=1S/C33H35FN3O2/c34-27-8-6-25(7-9-27)31-29-11-10-28(39-23-24-4-2-1-3-5-24)22-30(29)33(35-32(31)26-12-20-38-21-13-26)37-17-14-36(15-18-37)16-19-37/h1-11,22,26H,12-21,23H2/q+1. The van der Waals surface area contributed by atoms with Crippen molar-refractivity contribution in [3.63, 3.8) is 0 Å². The van der Waals surface area contributed by atoms with Gasteiger partial charge in [0.25, 0.3) is 0 Å². The number of halogens is 1. The number of quaternary nitrogens is 1. The molecule has 0 amide bonds. The highest BCUT2D eigenvalue weighted by Gasteiger charge is 2.43. The van der Waals surface area contributed by atoms with Crippen LogP contribution in [0.2, 0.25) is 0 Å². The third-order valence-electron chi connectivity index (χ3n) is 8.96. The highest BCUT2D eigenvalue weighted by Crippen LogP contribution is 2.45. The summed E-state index contributed by atoms with van der Waals surface area (Å²) in [4.78, 5) is 8.20. The molecule has 5 heterocycles. The van der Waals surface area contributed by atoms with Gasteiger partial charge in [-0.05, 0) is 59.7 Å². The molecule has 4 fully saturated rings. The first kappa shape index (κ1) is 24.7. The molecule has 2 bridgehead atoms. The van der Waals surface area contributed by atoms with Crippen LogP contribution in [0.5, 0.6) is 5.75 Å². The number of piperazine rings is 3. The summed E-state index contributed by atoms with van der Waals surface area (Å²) in [5, 5.41) is 2.34. The molecule has 39 heavy (non-hydrogen) atoms. The molecular weight excluding hydrogens is 489 g/mol. The van der Waals surface area contributed by atoms with Crippen molar-refractivity contribution >= 4 is 16.6 Å². The number of nitrogens with zero attached hydrogens (tertiary/aromatic N) is 3. The molecule has 0 radical (unpaired) electrons. The van der Waals surface area contributed by atoms with Crippen LogP contribution in [0.4, 0.5) is 10.2 Å². The van der Waals surface area contributed by atoms with E-state index in [-0.39, 0.29) is 5.82 Å². The molecule has 4 aliphatic heterocycles. The number of aromatic nitrogens is 1. The van der Waals surface area contributed by atoms with E-state index in [1.807, 2.05) is 30.3 Å². The molecule has 8 rings (SSSR count). The molecule has 4 aliphatic rings. The van der Waals surface area contributed by atoms with Gasteiger partial charge in [0, 0.05) is 44.3 Å². The predicted molar refractivity (Wildman–Crippen MR) is 154 cm³/mol. The van der Waals surface area contributed by atoms with Gasteiger partial charge < -0.3 is 9.47 Å². The Hall–Kier alpha value is -3.32. The van der Waals surface area contributed by atoms with Crippen molar-refractivity contribution in [2.75, 3.05) is 52.5 Å². The van der Waals surface area contributed by atoms with Crippen molar-refractivity contribution in [2.45, 2.75) is 25.4 Å². The maximum absolute atomic E-state index is 14.0. The molecule has 0 saturated carbocycles. The van der Waals surface area contributed by atoms with Gasteiger partial charge >= 0.3 is 0 Å². The van der Waals surface area contributed by atoms with Crippen LogP contribution in [0.25, 0.3) is 21.9 Å². The van der Waals surface area contributed by atoms with Crippen LogP contribution < -0.4 is 9.22 Å². The lowest BCUT2D eigenvalue weighted by Gasteiger charge is -2.49. The first-order valence-corrected chi connectivity index (χ1v) is 14.3. The van der Waals surface area contributed by atoms with Crippen LogP contribution in [0.1, 0.15) is 30.0 Å². The molecule has 4 saturated heterocycles. The topological polar surface area (TPSA) is 34.6 Å². The summed E-state index contributed by atoms with van der Waals surface area (Å²) in [5.74, 6) is 2.13. The van der Waals surface area contributed by atoms with E-state index in [2.05, 4.69) is 35.2 Å². The van der Waals surface area contributed by atoms with Gasteiger partial charge in [-0.2, -0.15) is 4.98 Å². The lowest BCUT2D eigenvalue weighted by Crippen LogP contribution is -2.68. The van der Waals surface area contributed by atoms with E-state index >= 15 is 0 Å². The average molecular weight is 525 g/mol. The Bertz CT molecular complexity index is 1450. The number of hydrogen-bond donors (Lipinski definition) is 0. The summed E-state index contributed by atoms with van der Waals surface area (Å²) < 4.78 is 27.0. The van der Waals surface area contributed by atoms with Gasteiger partial charge in [-0.25, -0.2) is 4.39 Å². The van der Waals surface area contributed by atoms with Crippen LogP contribution >= 0.6 is 0 Å². The molecule has 0 spiro atoms. The predicted octanol–water partition coefficient (Wildman–Crippen LogP) is 6.15. The largest absolute Gasteiger partial charge is 0.489 e. The van der Waals surface area contributed by atoms with Crippen molar-refractivity contribution < 1.29 is 13.9 Å². The third-order valence-corrected chi connectivity index (χ3v) is 8.96. The molecule has 0 aliphatic carbocycles. The van der Waals surface area contributed by atoms with E-state index in [9.17, 15) is 4.39 Å². The minimum Gasteiger partial charge on any atom is -0.489 e. The van der Waals surface area contributed by atoms with E-state index in [0.29, 0.717) is 12.5 Å². The van der Waals surface area contributed by atoms with Gasteiger partial charge in [0.1, 0.15) is 18.2 Å². The minimum absolute atomic E-state index is 0.221. The second-order valence-corrected chi connectivity index (χ2v) is 11.2. The van der Waals surface area contributed by atoms with E-state index < -0.39 is 0 Å². The molecule has 200 valence electrons. The number of ether oxygens (including phenoxy) is 2. The highest BCUT2D eigenvalue weighted by molar-refractivity contribution is 6.03. The van der Waals surface area contributed by atoms with E-state index in [1.54, 1.807) is 12.1 Å². The lowest BCUT2D eigenvalue weighted by atomic mass is 9.87. The summed E-state index contributed by atoms with van der Waals surface area (Å²) >= 11 is 0.